The number of rotatable bonds is 6. The maximum atomic E-state index is 11.5. The molecule has 0 amide bonds. The highest BCUT2D eigenvalue weighted by Gasteiger charge is 2.13. The molecule has 2 rings (SSSR count). The summed E-state index contributed by atoms with van der Waals surface area (Å²) < 4.78 is 4.37. The largest absolute Gasteiger partial charge is 0.463 e. The number of carbonyl (C=O) groups excluding carboxylic acids is 2. The second kappa shape index (κ2) is 7.26. The minimum Gasteiger partial charge on any atom is -0.463 e. The van der Waals surface area contributed by atoms with Gasteiger partial charge in [0.25, 0.3) is 5.78 Å². The Kier molecular flexibility index (Phi) is 5.14. The number of hydrogen-bond donors (Lipinski definition) is 2. The number of anilines is 2. The molecule has 0 heterocycles. The number of methoxy groups -OCH3 is 1. The van der Waals surface area contributed by atoms with E-state index in [-0.39, 0.29) is 6.54 Å². The molecule has 0 radical (unpaired) electrons. The first-order valence-electron chi connectivity index (χ1n) is 6.87. The van der Waals surface area contributed by atoms with Crippen LogP contribution in [0.5, 0.6) is 0 Å². The number of ketones is 1. The van der Waals surface area contributed by atoms with E-state index in [0.717, 1.165) is 12.0 Å². The minimum absolute atomic E-state index is 0.147. The molecule has 0 saturated carbocycles. The molecule has 0 aromatic heterocycles. The molecule has 0 fully saturated rings. The van der Waals surface area contributed by atoms with Crippen LogP contribution in [0, 0.1) is 0 Å². The van der Waals surface area contributed by atoms with Crippen LogP contribution in [0.2, 0.25) is 0 Å². The van der Waals surface area contributed by atoms with Crippen molar-refractivity contribution in [2.45, 2.75) is 6.42 Å². The van der Waals surface area contributed by atoms with Crippen LogP contribution in [0.1, 0.15) is 11.1 Å². The van der Waals surface area contributed by atoms with Crippen molar-refractivity contribution in [1.29, 1.82) is 0 Å². The van der Waals surface area contributed by atoms with Crippen LogP contribution in [0.4, 0.5) is 11.4 Å². The maximum Gasteiger partial charge on any atom is 0.376 e. The molecule has 2 aromatic rings. The zero-order chi connectivity index (χ0) is 15.9. The Morgan fingerprint density at radius 1 is 1.09 bits per heavy atom. The SMILES string of the molecule is COC(=O)C(=O)CNc1cc(Cc2ccccc2)ccc1N. The summed E-state index contributed by atoms with van der Waals surface area (Å²) in [6.07, 6.45) is 0.765. The van der Waals surface area contributed by atoms with E-state index in [1.807, 2.05) is 42.5 Å². The number of nitrogens with two attached hydrogens (primary N) is 1. The topological polar surface area (TPSA) is 81.4 Å². The van der Waals surface area contributed by atoms with E-state index < -0.39 is 11.8 Å². The molecular weight excluding hydrogens is 280 g/mol. The molecule has 0 aliphatic heterocycles. The van der Waals surface area contributed by atoms with Gasteiger partial charge in [-0.05, 0) is 29.7 Å². The number of carbonyl (C=O) groups is 2. The zero-order valence-corrected chi connectivity index (χ0v) is 12.3. The Labute approximate surface area is 129 Å². The summed E-state index contributed by atoms with van der Waals surface area (Å²) in [6, 6.07) is 15.6. The van der Waals surface area contributed by atoms with E-state index in [9.17, 15) is 9.59 Å². The smallest absolute Gasteiger partial charge is 0.376 e. The molecule has 0 spiro atoms. The maximum absolute atomic E-state index is 11.5. The Morgan fingerprint density at radius 3 is 2.50 bits per heavy atom. The molecule has 5 heteroatoms. The highest BCUT2D eigenvalue weighted by atomic mass is 16.5. The van der Waals surface area contributed by atoms with Crippen molar-refractivity contribution in [3.63, 3.8) is 0 Å². The Morgan fingerprint density at radius 2 is 1.82 bits per heavy atom. The van der Waals surface area contributed by atoms with Crippen molar-refractivity contribution < 1.29 is 14.3 Å². The standard InChI is InChI=1S/C17H18N2O3/c1-22-17(21)16(20)11-19-15-10-13(7-8-14(15)18)9-12-5-3-2-4-6-12/h2-8,10,19H,9,11,18H2,1H3. The number of benzene rings is 2. The summed E-state index contributed by atoms with van der Waals surface area (Å²) in [5.41, 5.74) is 9.29. The first-order valence-corrected chi connectivity index (χ1v) is 6.87. The molecule has 0 bridgehead atoms. The van der Waals surface area contributed by atoms with Gasteiger partial charge in [0.1, 0.15) is 0 Å². The fourth-order valence-electron chi connectivity index (χ4n) is 2.06. The van der Waals surface area contributed by atoms with Crippen molar-refractivity contribution in [2.24, 2.45) is 0 Å². The number of nitrogens with one attached hydrogen (secondary N) is 1. The van der Waals surface area contributed by atoms with E-state index >= 15 is 0 Å². The predicted molar refractivity (Wildman–Crippen MR) is 85.6 cm³/mol. The van der Waals surface area contributed by atoms with Crippen LogP contribution in [0.15, 0.2) is 48.5 Å². The summed E-state index contributed by atoms with van der Waals surface area (Å²) in [4.78, 5) is 22.5. The lowest BCUT2D eigenvalue weighted by molar-refractivity contribution is -0.150. The molecule has 0 unspecified atom stereocenters. The lowest BCUT2D eigenvalue weighted by Crippen LogP contribution is -2.24. The summed E-state index contributed by atoms with van der Waals surface area (Å²) in [7, 11) is 1.18. The van der Waals surface area contributed by atoms with Crippen LogP contribution in [-0.4, -0.2) is 25.4 Å². The van der Waals surface area contributed by atoms with Crippen LogP contribution >= 0.6 is 0 Å². The lowest BCUT2D eigenvalue weighted by atomic mass is 10.0. The van der Waals surface area contributed by atoms with Crippen LogP contribution in [0.3, 0.4) is 0 Å². The van der Waals surface area contributed by atoms with Crippen molar-refractivity contribution >= 4 is 23.1 Å². The number of Topliss-reactive ketones (excluding diaryl/α,β-unsaturated/α-hetero) is 1. The van der Waals surface area contributed by atoms with Gasteiger partial charge in [-0.2, -0.15) is 0 Å². The number of esters is 1. The minimum atomic E-state index is -0.869. The third kappa shape index (κ3) is 4.09. The van der Waals surface area contributed by atoms with Gasteiger partial charge in [-0.15, -0.1) is 0 Å². The van der Waals surface area contributed by atoms with Gasteiger partial charge in [0.2, 0.25) is 0 Å². The highest BCUT2D eigenvalue weighted by Crippen LogP contribution is 2.21. The van der Waals surface area contributed by atoms with E-state index in [4.69, 9.17) is 5.73 Å². The molecule has 0 aliphatic carbocycles. The second-order valence-corrected chi connectivity index (χ2v) is 4.85. The molecule has 0 saturated heterocycles. The fraction of sp³-hybridized carbons (Fsp3) is 0.176. The predicted octanol–water partition coefficient (Wildman–Crippen LogP) is 2.01. The number of ether oxygens (including phenoxy) is 1. The molecule has 22 heavy (non-hydrogen) atoms. The van der Waals surface area contributed by atoms with Gasteiger partial charge in [0, 0.05) is 0 Å². The number of nitrogen functional groups attached to an aromatic ring is 1. The van der Waals surface area contributed by atoms with Gasteiger partial charge in [-0.1, -0.05) is 36.4 Å². The molecule has 0 aliphatic rings. The second-order valence-electron chi connectivity index (χ2n) is 4.85. The van der Waals surface area contributed by atoms with Crippen LogP contribution in [-0.2, 0) is 20.7 Å². The van der Waals surface area contributed by atoms with Crippen LogP contribution < -0.4 is 11.1 Å². The normalized spacial score (nSPS) is 10.0. The molecule has 5 nitrogen and oxygen atoms in total. The van der Waals surface area contributed by atoms with Crippen molar-refractivity contribution in [3.8, 4) is 0 Å². The zero-order valence-electron chi connectivity index (χ0n) is 12.3. The van der Waals surface area contributed by atoms with Gasteiger partial charge in [0.15, 0.2) is 0 Å². The average molecular weight is 298 g/mol. The Bertz CT molecular complexity index is 669. The summed E-state index contributed by atoms with van der Waals surface area (Å²) >= 11 is 0. The number of hydrogen-bond acceptors (Lipinski definition) is 5. The van der Waals surface area contributed by atoms with E-state index in [2.05, 4.69) is 10.1 Å². The van der Waals surface area contributed by atoms with Gasteiger partial charge < -0.3 is 15.8 Å². The van der Waals surface area contributed by atoms with Crippen molar-refractivity contribution in [1.82, 2.24) is 0 Å². The summed E-state index contributed by atoms with van der Waals surface area (Å²) in [5.74, 6) is -1.51. The molecular formula is C17H18N2O3. The average Bonchev–Trinajstić information content (AvgIpc) is 2.55. The molecule has 114 valence electrons. The van der Waals surface area contributed by atoms with E-state index in [0.29, 0.717) is 11.4 Å². The van der Waals surface area contributed by atoms with Gasteiger partial charge in [-0.3, -0.25) is 4.79 Å². The van der Waals surface area contributed by atoms with Gasteiger partial charge in [-0.25, -0.2) is 4.79 Å². The molecule has 2 aromatic carbocycles. The van der Waals surface area contributed by atoms with E-state index in [1.165, 1.54) is 12.7 Å². The molecule has 0 atom stereocenters. The third-order valence-corrected chi connectivity index (χ3v) is 3.22. The Balaban J connectivity index is 2.07. The van der Waals surface area contributed by atoms with Gasteiger partial charge >= 0.3 is 5.97 Å². The van der Waals surface area contributed by atoms with Gasteiger partial charge in [0.05, 0.1) is 25.0 Å². The van der Waals surface area contributed by atoms with Crippen molar-refractivity contribution in [3.05, 3.63) is 59.7 Å². The highest BCUT2D eigenvalue weighted by molar-refractivity contribution is 6.34. The van der Waals surface area contributed by atoms with E-state index in [1.54, 1.807) is 6.07 Å². The Hall–Kier alpha value is -2.82. The lowest BCUT2D eigenvalue weighted by Gasteiger charge is -2.10. The summed E-state index contributed by atoms with van der Waals surface area (Å²) in [6.45, 7) is -0.147. The van der Waals surface area contributed by atoms with Crippen LogP contribution in [0.25, 0.3) is 0 Å². The first kappa shape index (κ1) is 15.6. The third-order valence-electron chi connectivity index (χ3n) is 3.22. The van der Waals surface area contributed by atoms with Crippen molar-refractivity contribution in [2.75, 3.05) is 24.7 Å². The quantitative estimate of drug-likeness (QED) is 0.484. The fourth-order valence-corrected chi connectivity index (χ4v) is 2.06. The first-order chi connectivity index (χ1) is 10.6. The molecule has 3 N–H and O–H groups in total. The summed E-state index contributed by atoms with van der Waals surface area (Å²) in [5, 5.41) is 2.88. The monoisotopic (exact) mass is 298 g/mol.